The lowest BCUT2D eigenvalue weighted by Crippen LogP contribution is -2.51. The van der Waals surface area contributed by atoms with Crippen molar-refractivity contribution in [3.63, 3.8) is 0 Å². The van der Waals surface area contributed by atoms with Crippen molar-refractivity contribution in [1.82, 2.24) is 10.2 Å². The second-order valence-corrected chi connectivity index (χ2v) is 6.21. The van der Waals surface area contributed by atoms with Crippen LogP contribution >= 0.6 is 0 Å². The predicted molar refractivity (Wildman–Crippen MR) is 84.2 cm³/mol. The van der Waals surface area contributed by atoms with Crippen molar-refractivity contribution in [2.75, 3.05) is 13.1 Å². The summed E-state index contributed by atoms with van der Waals surface area (Å²) < 4.78 is 0. The summed E-state index contributed by atoms with van der Waals surface area (Å²) in [6.07, 6.45) is 3.87. The van der Waals surface area contributed by atoms with Crippen molar-refractivity contribution in [3.05, 3.63) is 35.9 Å². The molecule has 2 fully saturated rings. The van der Waals surface area contributed by atoms with Crippen LogP contribution in [0.3, 0.4) is 0 Å². The summed E-state index contributed by atoms with van der Waals surface area (Å²) >= 11 is 0. The smallest absolute Gasteiger partial charge is 0.254 e. The van der Waals surface area contributed by atoms with E-state index in [4.69, 9.17) is 5.73 Å². The quantitative estimate of drug-likeness (QED) is 0.856. The Morgan fingerprint density at radius 1 is 1.23 bits per heavy atom. The molecule has 1 aliphatic carbocycles. The number of nitrogens with one attached hydrogen (secondary N) is 1. The zero-order valence-electron chi connectivity index (χ0n) is 12.7. The summed E-state index contributed by atoms with van der Waals surface area (Å²) in [6.45, 7) is 1.11. The van der Waals surface area contributed by atoms with Gasteiger partial charge in [0, 0.05) is 24.7 Å². The van der Waals surface area contributed by atoms with Crippen LogP contribution < -0.4 is 11.1 Å². The van der Waals surface area contributed by atoms with Gasteiger partial charge in [0.15, 0.2) is 0 Å². The Morgan fingerprint density at radius 3 is 2.59 bits per heavy atom. The third kappa shape index (κ3) is 3.14. The van der Waals surface area contributed by atoms with Gasteiger partial charge < -0.3 is 16.0 Å². The molecule has 118 valence electrons. The molecule has 3 N–H and O–H groups in total. The zero-order valence-corrected chi connectivity index (χ0v) is 12.7. The van der Waals surface area contributed by atoms with Crippen LogP contribution in [0.25, 0.3) is 0 Å². The highest BCUT2D eigenvalue weighted by Crippen LogP contribution is 2.32. The van der Waals surface area contributed by atoms with Crippen LogP contribution in [0.1, 0.15) is 36.0 Å². The van der Waals surface area contributed by atoms with Crippen LogP contribution in [0.15, 0.2) is 30.3 Å². The van der Waals surface area contributed by atoms with Crippen molar-refractivity contribution in [1.29, 1.82) is 0 Å². The molecule has 22 heavy (non-hydrogen) atoms. The first-order chi connectivity index (χ1) is 10.7. The summed E-state index contributed by atoms with van der Waals surface area (Å²) in [5, 5.41) is 3.05. The molecule has 2 amide bonds. The van der Waals surface area contributed by atoms with Crippen LogP contribution in [0.2, 0.25) is 0 Å². The van der Waals surface area contributed by atoms with E-state index in [0.717, 1.165) is 25.7 Å². The number of likely N-dealkylation sites (tertiary alicyclic amines) is 1. The Bertz CT molecular complexity index is 542. The highest BCUT2D eigenvalue weighted by Gasteiger charge is 2.37. The van der Waals surface area contributed by atoms with E-state index >= 15 is 0 Å². The largest absolute Gasteiger partial charge is 0.350 e. The van der Waals surface area contributed by atoms with Crippen LogP contribution in [-0.4, -0.2) is 41.9 Å². The first-order valence-corrected chi connectivity index (χ1v) is 8.07. The topological polar surface area (TPSA) is 75.4 Å². The lowest BCUT2D eigenvalue weighted by Gasteiger charge is -2.26. The lowest BCUT2D eigenvalue weighted by molar-refractivity contribution is -0.125. The molecule has 1 aliphatic heterocycles. The maximum atomic E-state index is 12.6. The predicted octanol–water partition coefficient (Wildman–Crippen LogP) is 1.14. The van der Waals surface area contributed by atoms with Crippen LogP contribution in [0.4, 0.5) is 0 Å². The van der Waals surface area contributed by atoms with E-state index in [1.807, 2.05) is 18.2 Å². The molecule has 1 saturated carbocycles. The number of nitrogens with zero attached hydrogens (tertiary/aromatic N) is 1. The first-order valence-electron chi connectivity index (χ1n) is 8.07. The molecule has 0 aromatic heterocycles. The van der Waals surface area contributed by atoms with E-state index in [9.17, 15) is 9.59 Å². The number of hydrogen-bond acceptors (Lipinski definition) is 3. The summed E-state index contributed by atoms with van der Waals surface area (Å²) in [4.78, 5) is 26.8. The number of carbonyl (C=O) groups excluding carboxylic acids is 2. The Labute approximate surface area is 130 Å². The average Bonchev–Trinajstić information content (AvgIpc) is 3.28. The molecule has 0 spiro atoms. The molecule has 1 aromatic rings. The van der Waals surface area contributed by atoms with E-state index in [1.165, 1.54) is 0 Å². The molecule has 2 aliphatic rings. The van der Waals surface area contributed by atoms with Crippen molar-refractivity contribution in [2.24, 2.45) is 11.7 Å². The second-order valence-electron chi connectivity index (χ2n) is 6.21. The fourth-order valence-electron chi connectivity index (χ4n) is 3.18. The third-order valence-electron chi connectivity index (χ3n) is 4.61. The van der Waals surface area contributed by atoms with E-state index in [1.54, 1.807) is 17.0 Å². The fraction of sp³-hybridized carbons (Fsp3) is 0.529. The van der Waals surface area contributed by atoms with Gasteiger partial charge in [-0.25, -0.2) is 0 Å². The minimum atomic E-state index is -0.361. The number of nitrogens with two attached hydrogens (primary N) is 1. The molecule has 0 bridgehead atoms. The van der Waals surface area contributed by atoms with Crippen molar-refractivity contribution < 1.29 is 9.59 Å². The monoisotopic (exact) mass is 301 g/mol. The molecule has 2 atom stereocenters. The molecule has 0 radical (unpaired) electrons. The Balaban J connectivity index is 1.67. The van der Waals surface area contributed by atoms with Crippen LogP contribution in [-0.2, 0) is 4.79 Å². The maximum Gasteiger partial charge on any atom is 0.254 e. The lowest BCUT2D eigenvalue weighted by atomic mass is 10.1. The van der Waals surface area contributed by atoms with Gasteiger partial charge >= 0.3 is 0 Å². The molecule has 1 aromatic carbocycles. The SMILES string of the molecule is NCC(NC(=O)C1CCCN1C(=O)c1ccccc1)C1CC1. The normalized spacial score (nSPS) is 22.4. The molecule has 2 unspecified atom stereocenters. The fourth-order valence-corrected chi connectivity index (χ4v) is 3.18. The van der Waals surface area contributed by atoms with Gasteiger partial charge in [-0.15, -0.1) is 0 Å². The minimum absolute atomic E-state index is 0.0517. The highest BCUT2D eigenvalue weighted by molar-refractivity contribution is 5.98. The summed E-state index contributed by atoms with van der Waals surface area (Å²) in [7, 11) is 0. The molecule has 1 heterocycles. The Morgan fingerprint density at radius 2 is 1.95 bits per heavy atom. The van der Waals surface area contributed by atoms with Gasteiger partial charge in [-0.05, 0) is 43.7 Å². The first kappa shape index (κ1) is 15.0. The number of benzene rings is 1. The number of hydrogen-bond donors (Lipinski definition) is 2. The van der Waals surface area contributed by atoms with E-state index in [-0.39, 0.29) is 23.9 Å². The molecule has 5 nitrogen and oxygen atoms in total. The van der Waals surface area contributed by atoms with Gasteiger partial charge in [0.25, 0.3) is 5.91 Å². The number of amides is 2. The standard InChI is InChI=1S/C17H23N3O2/c18-11-14(12-8-9-12)19-16(21)15-7-4-10-20(15)17(22)13-5-2-1-3-6-13/h1-3,5-6,12,14-15H,4,7-11,18H2,(H,19,21). The molecule has 1 saturated heterocycles. The maximum absolute atomic E-state index is 12.6. The number of carbonyl (C=O) groups is 2. The van der Waals surface area contributed by atoms with Gasteiger partial charge in [-0.1, -0.05) is 18.2 Å². The summed E-state index contributed by atoms with van der Waals surface area (Å²) in [6, 6.07) is 8.85. The van der Waals surface area contributed by atoms with Gasteiger partial charge in [-0.2, -0.15) is 0 Å². The average molecular weight is 301 g/mol. The number of rotatable bonds is 5. The molecule has 5 heteroatoms. The van der Waals surface area contributed by atoms with Gasteiger partial charge in [0.1, 0.15) is 6.04 Å². The van der Waals surface area contributed by atoms with Crippen molar-refractivity contribution >= 4 is 11.8 Å². The second kappa shape index (κ2) is 6.48. The van der Waals surface area contributed by atoms with Crippen molar-refractivity contribution in [2.45, 2.75) is 37.8 Å². The Hall–Kier alpha value is -1.88. The Kier molecular flexibility index (Phi) is 4.43. The summed E-state index contributed by atoms with van der Waals surface area (Å²) in [5.74, 6) is 0.409. The van der Waals surface area contributed by atoms with Crippen LogP contribution in [0, 0.1) is 5.92 Å². The van der Waals surface area contributed by atoms with E-state index in [2.05, 4.69) is 5.32 Å². The zero-order chi connectivity index (χ0) is 15.5. The van der Waals surface area contributed by atoms with E-state index in [0.29, 0.717) is 24.6 Å². The third-order valence-corrected chi connectivity index (χ3v) is 4.61. The van der Waals surface area contributed by atoms with Crippen molar-refractivity contribution in [3.8, 4) is 0 Å². The summed E-state index contributed by atoms with van der Waals surface area (Å²) in [5.41, 5.74) is 6.39. The molecular weight excluding hydrogens is 278 g/mol. The van der Waals surface area contributed by atoms with Crippen LogP contribution in [0.5, 0.6) is 0 Å². The molecule has 3 rings (SSSR count). The van der Waals surface area contributed by atoms with Gasteiger partial charge in [0.05, 0.1) is 0 Å². The van der Waals surface area contributed by atoms with Gasteiger partial charge in [0.2, 0.25) is 5.91 Å². The van der Waals surface area contributed by atoms with E-state index < -0.39 is 0 Å². The highest BCUT2D eigenvalue weighted by atomic mass is 16.2. The minimum Gasteiger partial charge on any atom is -0.350 e. The van der Waals surface area contributed by atoms with Gasteiger partial charge in [-0.3, -0.25) is 9.59 Å². The molecular formula is C17H23N3O2.